The van der Waals surface area contributed by atoms with E-state index < -0.39 is 0 Å². The topological polar surface area (TPSA) is 21.7 Å². The summed E-state index contributed by atoms with van der Waals surface area (Å²) in [6, 6.07) is 15.4. The molecule has 0 fully saturated rings. The Morgan fingerprint density at radius 3 is 2.27 bits per heavy atom. The van der Waals surface area contributed by atoms with Crippen LogP contribution in [0, 0.1) is 0 Å². The van der Waals surface area contributed by atoms with Crippen LogP contribution in [-0.4, -0.2) is 32.2 Å². The number of benzene rings is 2. The molecule has 22 heavy (non-hydrogen) atoms. The zero-order chi connectivity index (χ0) is 15.7. The van der Waals surface area contributed by atoms with Crippen molar-refractivity contribution >= 4 is 0 Å². The molecule has 3 heteroatoms. The van der Waals surface area contributed by atoms with Gasteiger partial charge in [-0.25, -0.2) is 0 Å². The first-order valence-corrected chi connectivity index (χ1v) is 7.65. The molecule has 2 atom stereocenters. The summed E-state index contributed by atoms with van der Waals surface area (Å²) >= 11 is 0. The molecule has 0 saturated heterocycles. The Morgan fingerprint density at radius 2 is 1.64 bits per heavy atom. The maximum atomic E-state index is 5.51. The van der Waals surface area contributed by atoms with Crippen molar-refractivity contribution in [3.63, 3.8) is 0 Å². The van der Waals surface area contributed by atoms with Crippen molar-refractivity contribution < 1.29 is 9.47 Å². The molecular weight excluding hydrogens is 274 g/mol. The molecule has 0 aromatic heterocycles. The molecule has 2 aromatic rings. The van der Waals surface area contributed by atoms with Gasteiger partial charge in [0.05, 0.1) is 14.2 Å². The minimum atomic E-state index is 0.342. The average molecular weight is 297 g/mol. The Morgan fingerprint density at radius 1 is 1.00 bits per heavy atom. The van der Waals surface area contributed by atoms with Crippen LogP contribution in [-0.2, 0) is 6.54 Å². The molecule has 2 aromatic carbocycles. The molecule has 0 N–H and O–H groups in total. The molecule has 3 nitrogen and oxygen atoms in total. The van der Waals surface area contributed by atoms with E-state index in [2.05, 4.69) is 61.3 Å². The second-order valence-electron chi connectivity index (χ2n) is 5.95. The number of ether oxygens (including phenoxy) is 2. The summed E-state index contributed by atoms with van der Waals surface area (Å²) in [5, 5.41) is 0. The number of likely N-dealkylation sites (N-methyl/N-ethyl adjacent to an activating group) is 1. The van der Waals surface area contributed by atoms with Gasteiger partial charge in [0.2, 0.25) is 0 Å². The lowest BCUT2D eigenvalue weighted by Crippen LogP contribution is -2.39. The fourth-order valence-corrected chi connectivity index (χ4v) is 3.41. The predicted octanol–water partition coefficient (Wildman–Crippen LogP) is 3.67. The molecule has 0 radical (unpaired) electrons. The minimum absolute atomic E-state index is 0.342. The smallest absolute Gasteiger partial charge is 0.161 e. The average Bonchev–Trinajstić information content (AvgIpc) is 2.55. The first kappa shape index (κ1) is 14.9. The van der Waals surface area contributed by atoms with Crippen molar-refractivity contribution in [3.8, 4) is 11.5 Å². The van der Waals surface area contributed by atoms with Crippen LogP contribution in [0.15, 0.2) is 42.5 Å². The number of hydrogen-bond donors (Lipinski definition) is 0. The highest BCUT2D eigenvalue weighted by molar-refractivity contribution is 5.52. The van der Waals surface area contributed by atoms with Gasteiger partial charge in [0, 0.05) is 18.5 Å². The number of fused-ring (bicyclic) bond motifs is 1. The van der Waals surface area contributed by atoms with E-state index in [1.165, 1.54) is 16.7 Å². The maximum Gasteiger partial charge on any atom is 0.161 e. The van der Waals surface area contributed by atoms with E-state index in [9.17, 15) is 0 Å². The molecule has 116 valence electrons. The summed E-state index contributed by atoms with van der Waals surface area (Å²) in [4.78, 5) is 2.39. The molecular formula is C19H23NO2. The Balaban J connectivity index is 2.16. The predicted molar refractivity (Wildman–Crippen MR) is 88.8 cm³/mol. The van der Waals surface area contributed by atoms with Gasteiger partial charge in [0.15, 0.2) is 11.5 Å². The van der Waals surface area contributed by atoms with Gasteiger partial charge >= 0.3 is 0 Å². The van der Waals surface area contributed by atoms with Gasteiger partial charge in [0.25, 0.3) is 0 Å². The molecule has 0 unspecified atom stereocenters. The van der Waals surface area contributed by atoms with E-state index in [-0.39, 0.29) is 0 Å². The summed E-state index contributed by atoms with van der Waals surface area (Å²) in [5.41, 5.74) is 4.00. The van der Waals surface area contributed by atoms with Crippen LogP contribution in [0.25, 0.3) is 0 Å². The third-order valence-electron chi connectivity index (χ3n) is 4.74. The molecule has 0 spiro atoms. The van der Waals surface area contributed by atoms with Crippen molar-refractivity contribution in [2.24, 2.45) is 0 Å². The van der Waals surface area contributed by atoms with Crippen LogP contribution in [0.1, 0.15) is 29.5 Å². The van der Waals surface area contributed by atoms with Crippen molar-refractivity contribution in [1.29, 1.82) is 0 Å². The summed E-state index contributed by atoms with van der Waals surface area (Å²) in [6.45, 7) is 3.22. The summed E-state index contributed by atoms with van der Waals surface area (Å²) in [7, 11) is 5.56. The minimum Gasteiger partial charge on any atom is -0.493 e. The molecule has 1 aliphatic rings. The number of rotatable bonds is 3. The lowest BCUT2D eigenvalue weighted by molar-refractivity contribution is 0.211. The van der Waals surface area contributed by atoms with Gasteiger partial charge in [0.1, 0.15) is 0 Å². The molecule has 1 aliphatic heterocycles. The highest BCUT2D eigenvalue weighted by Gasteiger charge is 2.32. The fourth-order valence-electron chi connectivity index (χ4n) is 3.41. The first-order chi connectivity index (χ1) is 10.7. The van der Waals surface area contributed by atoms with Crippen molar-refractivity contribution in [2.75, 3.05) is 21.3 Å². The SMILES string of the molecule is COc1cc2c(cc1OC)[C@@H](c1ccccc1)[C@H](C)N(C)C2. The number of methoxy groups -OCH3 is 2. The molecule has 1 heterocycles. The van der Waals surface area contributed by atoms with Crippen molar-refractivity contribution in [2.45, 2.75) is 25.4 Å². The molecule has 0 amide bonds. The van der Waals surface area contributed by atoms with Crippen molar-refractivity contribution in [3.05, 3.63) is 59.2 Å². The Bertz CT molecular complexity index is 654. The van der Waals surface area contributed by atoms with Gasteiger partial charge in [-0.2, -0.15) is 0 Å². The first-order valence-electron chi connectivity index (χ1n) is 7.65. The standard InChI is InChI=1S/C19H23NO2/c1-13-19(14-8-6-5-7-9-14)16-11-18(22-4)17(21-3)10-15(16)12-20(13)2/h5-11,13,19H,12H2,1-4H3/t13-,19+/m0/s1. The number of hydrogen-bond acceptors (Lipinski definition) is 3. The second-order valence-corrected chi connectivity index (χ2v) is 5.95. The van der Waals surface area contributed by atoms with Gasteiger partial charge in [-0.1, -0.05) is 30.3 Å². The van der Waals surface area contributed by atoms with Gasteiger partial charge in [-0.05, 0) is 42.8 Å². The summed E-state index contributed by atoms with van der Waals surface area (Å²) in [6.07, 6.45) is 0. The zero-order valence-corrected chi connectivity index (χ0v) is 13.7. The van der Waals surface area contributed by atoms with E-state index in [4.69, 9.17) is 9.47 Å². The van der Waals surface area contributed by atoms with Crippen LogP contribution in [0.5, 0.6) is 11.5 Å². The van der Waals surface area contributed by atoms with Crippen LogP contribution >= 0.6 is 0 Å². The highest BCUT2D eigenvalue weighted by Crippen LogP contribution is 2.42. The van der Waals surface area contributed by atoms with E-state index >= 15 is 0 Å². The maximum absolute atomic E-state index is 5.51. The van der Waals surface area contributed by atoms with Crippen LogP contribution in [0.3, 0.4) is 0 Å². The third-order valence-corrected chi connectivity index (χ3v) is 4.74. The third kappa shape index (κ3) is 2.46. The van der Waals surface area contributed by atoms with Crippen LogP contribution in [0.4, 0.5) is 0 Å². The quantitative estimate of drug-likeness (QED) is 0.863. The van der Waals surface area contributed by atoms with E-state index in [0.29, 0.717) is 12.0 Å². The lowest BCUT2D eigenvalue weighted by atomic mass is 9.79. The summed E-state index contributed by atoms with van der Waals surface area (Å²) < 4.78 is 11.0. The summed E-state index contributed by atoms with van der Waals surface area (Å²) in [5.74, 6) is 1.95. The molecule has 0 bridgehead atoms. The number of nitrogens with zero attached hydrogens (tertiary/aromatic N) is 1. The molecule has 0 saturated carbocycles. The van der Waals surface area contributed by atoms with E-state index in [1.54, 1.807) is 14.2 Å². The van der Waals surface area contributed by atoms with E-state index in [0.717, 1.165) is 18.0 Å². The monoisotopic (exact) mass is 297 g/mol. The Labute approximate surface area is 132 Å². The second kappa shape index (κ2) is 6.01. The van der Waals surface area contributed by atoms with Gasteiger partial charge in [-0.15, -0.1) is 0 Å². The Kier molecular flexibility index (Phi) is 4.08. The highest BCUT2D eigenvalue weighted by atomic mass is 16.5. The zero-order valence-electron chi connectivity index (χ0n) is 13.7. The molecule has 0 aliphatic carbocycles. The fraction of sp³-hybridized carbons (Fsp3) is 0.368. The van der Waals surface area contributed by atoms with Crippen molar-refractivity contribution in [1.82, 2.24) is 4.90 Å². The normalized spacial score (nSPS) is 21.3. The van der Waals surface area contributed by atoms with Gasteiger partial charge in [-0.3, -0.25) is 4.90 Å². The van der Waals surface area contributed by atoms with E-state index in [1.807, 2.05) is 0 Å². The van der Waals surface area contributed by atoms with Crippen LogP contribution < -0.4 is 9.47 Å². The lowest BCUT2D eigenvalue weighted by Gasteiger charge is -2.39. The van der Waals surface area contributed by atoms with Gasteiger partial charge < -0.3 is 9.47 Å². The van der Waals surface area contributed by atoms with Crippen LogP contribution in [0.2, 0.25) is 0 Å². The molecule has 3 rings (SSSR count). The Hall–Kier alpha value is -2.00. The largest absolute Gasteiger partial charge is 0.493 e.